The van der Waals surface area contributed by atoms with E-state index >= 15 is 0 Å². The van der Waals surface area contributed by atoms with Gasteiger partial charge in [-0.05, 0) is 25.8 Å². The molecule has 0 radical (unpaired) electrons. The van der Waals surface area contributed by atoms with Crippen LogP contribution in [-0.4, -0.2) is 36.6 Å². The van der Waals surface area contributed by atoms with E-state index in [4.69, 9.17) is 0 Å². The minimum Gasteiger partial charge on any atom is -0.314 e. The Bertz CT molecular complexity index is 136. The first-order valence-electron chi connectivity index (χ1n) is 4.88. The van der Waals surface area contributed by atoms with Crippen LogP contribution >= 0.6 is 0 Å². The van der Waals surface area contributed by atoms with E-state index in [0.29, 0.717) is 0 Å². The van der Waals surface area contributed by atoms with Crippen molar-refractivity contribution in [2.45, 2.75) is 38.3 Å². The number of nitrogens with zero attached hydrogens (tertiary/aromatic N) is 1. The summed E-state index contributed by atoms with van der Waals surface area (Å²) in [7, 11) is 0. The average Bonchev–Trinajstić information content (AvgIpc) is 2.50. The number of nitrogens with one attached hydrogen (secondary N) is 1. The molecule has 0 bridgehead atoms. The molecule has 0 spiro atoms. The van der Waals surface area contributed by atoms with Gasteiger partial charge < -0.3 is 5.32 Å². The highest BCUT2D eigenvalue weighted by molar-refractivity contribution is 4.90. The largest absolute Gasteiger partial charge is 0.314 e. The van der Waals surface area contributed by atoms with E-state index in [1.807, 2.05) is 0 Å². The quantitative estimate of drug-likeness (QED) is 0.602. The van der Waals surface area contributed by atoms with Crippen LogP contribution in [0.1, 0.15) is 26.2 Å². The Morgan fingerprint density at radius 3 is 3.18 bits per heavy atom. The maximum atomic E-state index is 3.52. The maximum absolute atomic E-state index is 3.52. The van der Waals surface area contributed by atoms with E-state index in [2.05, 4.69) is 17.1 Å². The van der Waals surface area contributed by atoms with Gasteiger partial charge in [-0.15, -0.1) is 0 Å². The molecule has 2 heterocycles. The van der Waals surface area contributed by atoms with Crippen LogP contribution in [0.25, 0.3) is 0 Å². The van der Waals surface area contributed by atoms with Crippen molar-refractivity contribution in [2.75, 3.05) is 19.6 Å². The Hall–Kier alpha value is -0.0800. The summed E-state index contributed by atoms with van der Waals surface area (Å²) in [5.41, 5.74) is 0. The van der Waals surface area contributed by atoms with E-state index in [-0.39, 0.29) is 0 Å². The zero-order chi connectivity index (χ0) is 7.68. The normalized spacial score (nSPS) is 39.0. The minimum atomic E-state index is 0.830. The van der Waals surface area contributed by atoms with Gasteiger partial charge in [0.1, 0.15) is 0 Å². The first-order valence-corrected chi connectivity index (χ1v) is 4.88. The molecular formula is C9H18N2. The van der Waals surface area contributed by atoms with Crippen molar-refractivity contribution in [3.63, 3.8) is 0 Å². The zero-order valence-electron chi connectivity index (χ0n) is 7.34. The Morgan fingerprint density at radius 2 is 2.36 bits per heavy atom. The highest BCUT2D eigenvalue weighted by Gasteiger charge is 2.32. The predicted octanol–water partition coefficient (Wildman–Crippen LogP) is 0.833. The first-order chi connectivity index (χ1) is 5.42. The van der Waals surface area contributed by atoms with Crippen LogP contribution in [0.5, 0.6) is 0 Å². The monoisotopic (exact) mass is 154 g/mol. The van der Waals surface area contributed by atoms with Gasteiger partial charge >= 0.3 is 0 Å². The van der Waals surface area contributed by atoms with E-state index in [1.54, 1.807) is 0 Å². The number of hydrogen-bond acceptors (Lipinski definition) is 2. The molecule has 2 fully saturated rings. The summed E-state index contributed by atoms with van der Waals surface area (Å²) in [4.78, 5) is 2.70. The fourth-order valence-electron chi connectivity index (χ4n) is 2.47. The molecule has 1 N–H and O–H groups in total. The molecule has 2 atom stereocenters. The molecule has 0 aliphatic carbocycles. The van der Waals surface area contributed by atoms with Crippen molar-refractivity contribution in [2.24, 2.45) is 0 Å². The molecule has 2 heteroatoms. The van der Waals surface area contributed by atoms with Crippen molar-refractivity contribution in [1.29, 1.82) is 0 Å². The Balaban J connectivity index is 2.00. The van der Waals surface area contributed by atoms with E-state index in [0.717, 1.165) is 12.1 Å². The lowest BCUT2D eigenvalue weighted by molar-refractivity contribution is 0.134. The van der Waals surface area contributed by atoms with Crippen LogP contribution in [0.4, 0.5) is 0 Å². The van der Waals surface area contributed by atoms with Gasteiger partial charge in [-0.1, -0.05) is 6.92 Å². The van der Waals surface area contributed by atoms with Gasteiger partial charge in [0, 0.05) is 25.2 Å². The molecule has 11 heavy (non-hydrogen) atoms. The molecule has 2 rings (SSSR count). The van der Waals surface area contributed by atoms with Crippen LogP contribution in [0.3, 0.4) is 0 Å². The van der Waals surface area contributed by atoms with Gasteiger partial charge in [0.15, 0.2) is 0 Å². The van der Waals surface area contributed by atoms with Crippen molar-refractivity contribution in [3.05, 3.63) is 0 Å². The summed E-state index contributed by atoms with van der Waals surface area (Å²) in [6.45, 7) is 6.10. The Morgan fingerprint density at radius 1 is 1.45 bits per heavy atom. The van der Waals surface area contributed by atoms with Crippen LogP contribution in [0.15, 0.2) is 0 Å². The lowest BCUT2D eigenvalue weighted by atomic mass is 10.1. The van der Waals surface area contributed by atoms with Crippen LogP contribution < -0.4 is 5.32 Å². The standard InChI is InChI=1S/C9H18N2/c1-2-8-6-10-7-9-4-3-5-11(8)9/h8-10H,2-7H2,1H3/t8?,9-/m0/s1. The van der Waals surface area contributed by atoms with Crippen molar-refractivity contribution >= 4 is 0 Å². The minimum absolute atomic E-state index is 0.830. The number of hydrogen-bond donors (Lipinski definition) is 1. The molecule has 2 nitrogen and oxygen atoms in total. The molecule has 0 aromatic heterocycles. The lowest BCUT2D eigenvalue weighted by Crippen LogP contribution is -2.54. The second-order valence-electron chi connectivity index (χ2n) is 3.75. The van der Waals surface area contributed by atoms with Gasteiger partial charge in [-0.3, -0.25) is 4.90 Å². The summed E-state index contributed by atoms with van der Waals surface area (Å²) in [5, 5.41) is 3.52. The Kier molecular flexibility index (Phi) is 2.14. The summed E-state index contributed by atoms with van der Waals surface area (Å²) in [6.07, 6.45) is 4.15. The van der Waals surface area contributed by atoms with Gasteiger partial charge in [0.25, 0.3) is 0 Å². The molecular weight excluding hydrogens is 136 g/mol. The SMILES string of the molecule is CCC1CNC[C@@H]2CCCN12. The molecule has 2 aliphatic heterocycles. The Labute approximate surface area is 69.0 Å². The average molecular weight is 154 g/mol. The number of rotatable bonds is 1. The van der Waals surface area contributed by atoms with Gasteiger partial charge in [-0.25, -0.2) is 0 Å². The predicted molar refractivity (Wildman–Crippen MR) is 46.7 cm³/mol. The van der Waals surface area contributed by atoms with Crippen LogP contribution in [0, 0.1) is 0 Å². The second kappa shape index (κ2) is 3.11. The number of piperazine rings is 1. The van der Waals surface area contributed by atoms with Crippen molar-refractivity contribution in [3.8, 4) is 0 Å². The molecule has 2 aliphatic rings. The number of fused-ring (bicyclic) bond motifs is 1. The molecule has 2 saturated heterocycles. The molecule has 0 amide bonds. The summed E-state index contributed by atoms with van der Waals surface area (Å²) in [6, 6.07) is 1.70. The van der Waals surface area contributed by atoms with Gasteiger partial charge in [-0.2, -0.15) is 0 Å². The van der Waals surface area contributed by atoms with E-state index in [9.17, 15) is 0 Å². The second-order valence-corrected chi connectivity index (χ2v) is 3.75. The summed E-state index contributed by atoms with van der Waals surface area (Å²) < 4.78 is 0. The maximum Gasteiger partial charge on any atom is 0.0224 e. The van der Waals surface area contributed by atoms with E-state index < -0.39 is 0 Å². The highest BCUT2D eigenvalue weighted by Crippen LogP contribution is 2.23. The molecule has 0 aromatic carbocycles. The van der Waals surface area contributed by atoms with Crippen LogP contribution in [0.2, 0.25) is 0 Å². The third-order valence-electron chi connectivity index (χ3n) is 3.12. The summed E-state index contributed by atoms with van der Waals surface area (Å²) >= 11 is 0. The molecule has 1 unspecified atom stereocenters. The van der Waals surface area contributed by atoms with Crippen molar-refractivity contribution < 1.29 is 0 Å². The van der Waals surface area contributed by atoms with Gasteiger partial charge in [0.2, 0.25) is 0 Å². The van der Waals surface area contributed by atoms with Gasteiger partial charge in [0.05, 0.1) is 0 Å². The fourth-order valence-corrected chi connectivity index (χ4v) is 2.47. The third kappa shape index (κ3) is 1.30. The van der Waals surface area contributed by atoms with Crippen molar-refractivity contribution in [1.82, 2.24) is 10.2 Å². The lowest BCUT2D eigenvalue weighted by Gasteiger charge is -2.37. The van der Waals surface area contributed by atoms with E-state index in [1.165, 1.54) is 38.9 Å². The highest BCUT2D eigenvalue weighted by atomic mass is 15.3. The summed E-state index contributed by atoms with van der Waals surface area (Å²) in [5.74, 6) is 0. The molecule has 0 saturated carbocycles. The first kappa shape index (κ1) is 7.56. The molecule has 0 aromatic rings. The molecule has 64 valence electrons. The smallest absolute Gasteiger partial charge is 0.0224 e. The fraction of sp³-hybridized carbons (Fsp3) is 1.00. The topological polar surface area (TPSA) is 15.3 Å². The third-order valence-corrected chi connectivity index (χ3v) is 3.12. The van der Waals surface area contributed by atoms with Crippen LogP contribution in [-0.2, 0) is 0 Å². The zero-order valence-corrected chi connectivity index (χ0v) is 7.34.